The molecular formula is C17H23FN2O4. The van der Waals surface area contributed by atoms with Crippen LogP contribution in [0.3, 0.4) is 0 Å². The van der Waals surface area contributed by atoms with Crippen LogP contribution in [0.2, 0.25) is 0 Å². The number of nitrogens with one attached hydrogen (secondary N) is 1. The van der Waals surface area contributed by atoms with Crippen LogP contribution in [0.5, 0.6) is 0 Å². The van der Waals surface area contributed by atoms with Crippen LogP contribution in [0.1, 0.15) is 29.6 Å². The minimum atomic E-state index is -0.567. The van der Waals surface area contributed by atoms with E-state index < -0.39 is 11.9 Å². The first-order valence-electron chi connectivity index (χ1n) is 7.93. The molecule has 1 aromatic carbocycles. The van der Waals surface area contributed by atoms with E-state index in [1.807, 2.05) is 0 Å². The molecule has 3 atom stereocenters. The zero-order valence-electron chi connectivity index (χ0n) is 13.9. The smallest absolute Gasteiger partial charge is 0.251 e. The van der Waals surface area contributed by atoms with Crippen LogP contribution in [0.15, 0.2) is 24.3 Å². The van der Waals surface area contributed by atoms with Crippen molar-refractivity contribution >= 4 is 11.8 Å². The fourth-order valence-electron chi connectivity index (χ4n) is 2.68. The van der Waals surface area contributed by atoms with Crippen molar-refractivity contribution < 1.29 is 23.8 Å². The number of nitrogens with zero attached hydrogens (tertiary/aromatic N) is 1. The maximum atomic E-state index is 12.9. The maximum Gasteiger partial charge on any atom is 0.251 e. The molecule has 0 saturated carbocycles. The summed E-state index contributed by atoms with van der Waals surface area (Å²) >= 11 is 0. The van der Waals surface area contributed by atoms with Gasteiger partial charge in [-0.25, -0.2) is 4.39 Å². The van der Waals surface area contributed by atoms with Crippen molar-refractivity contribution in [2.75, 3.05) is 20.7 Å². The van der Waals surface area contributed by atoms with Gasteiger partial charge in [-0.2, -0.15) is 0 Å². The Hall–Kier alpha value is -1.99. The predicted molar refractivity (Wildman–Crippen MR) is 85.9 cm³/mol. The summed E-state index contributed by atoms with van der Waals surface area (Å²) in [4.78, 5) is 25.5. The average molecular weight is 338 g/mol. The highest BCUT2D eigenvalue weighted by molar-refractivity contribution is 5.94. The van der Waals surface area contributed by atoms with Crippen LogP contribution in [0.25, 0.3) is 0 Å². The van der Waals surface area contributed by atoms with E-state index >= 15 is 0 Å². The molecule has 2 N–H and O–H groups in total. The number of hydrogen-bond acceptors (Lipinski definition) is 4. The Morgan fingerprint density at radius 2 is 1.96 bits per heavy atom. The standard InChI is InChI=1S/C17H23FN2O4/c1-20(2)16(22)9-13-7-8-14(15(10-21)24-13)19-17(23)11-3-5-12(18)6-4-11/h3-6,13-15,21H,7-10H2,1-2H3,(H,19,23)/t13-,14-,15+/m0/s1. The third kappa shape index (κ3) is 4.75. The molecule has 7 heteroatoms. The fourth-order valence-corrected chi connectivity index (χ4v) is 2.68. The van der Waals surface area contributed by atoms with Gasteiger partial charge in [0.05, 0.1) is 25.2 Å². The quantitative estimate of drug-likeness (QED) is 0.838. The van der Waals surface area contributed by atoms with E-state index in [1.165, 1.54) is 29.2 Å². The van der Waals surface area contributed by atoms with Gasteiger partial charge in [0, 0.05) is 19.7 Å². The number of aliphatic hydroxyl groups excluding tert-OH is 1. The van der Waals surface area contributed by atoms with E-state index in [9.17, 15) is 19.1 Å². The lowest BCUT2D eigenvalue weighted by molar-refractivity contribution is -0.137. The average Bonchev–Trinajstić information content (AvgIpc) is 2.56. The van der Waals surface area contributed by atoms with E-state index in [0.717, 1.165) is 0 Å². The topological polar surface area (TPSA) is 78.9 Å². The first kappa shape index (κ1) is 18.4. The van der Waals surface area contributed by atoms with Crippen LogP contribution >= 0.6 is 0 Å². The Bertz CT molecular complexity index is 576. The summed E-state index contributed by atoms with van der Waals surface area (Å²) in [5, 5.41) is 12.3. The molecule has 2 amide bonds. The molecule has 132 valence electrons. The Labute approximate surface area is 140 Å². The number of carbonyl (C=O) groups excluding carboxylic acids is 2. The fraction of sp³-hybridized carbons (Fsp3) is 0.529. The molecule has 1 aromatic rings. The van der Waals surface area contributed by atoms with Crippen molar-refractivity contribution in [2.45, 2.75) is 37.5 Å². The summed E-state index contributed by atoms with van der Waals surface area (Å²) in [7, 11) is 3.36. The number of ether oxygens (including phenoxy) is 1. The second kappa shape index (κ2) is 8.21. The zero-order chi connectivity index (χ0) is 17.7. The van der Waals surface area contributed by atoms with Crippen LogP contribution < -0.4 is 5.32 Å². The lowest BCUT2D eigenvalue weighted by Crippen LogP contribution is -2.51. The number of halogens is 1. The van der Waals surface area contributed by atoms with E-state index in [1.54, 1.807) is 14.1 Å². The van der Waals surface area contributed by atoms with Crippen molar-refractivity contribution in [3.05, 3.63) is 35.6 Å². The maximum absolute atomic E-state index is 12.9. The number of hydrogen-bond donors (Lipinski definition) is 2. The minimum absolute atomic E-state index is 0.0366. The van der Waals surface area contributed by atoms with Crippen molar-refractivity contribution in [3.63, 3.8) is 0 Å². The molecule has 0 aliphatic carbocycles. The number of benzene rings is 1. The number of amides is 2. The minimum Gasteiger partial charge on any atom is -0.394 e. The molecule has 6 nitrogen and oxygen atoms in total. The molecule has 0 unspecified atom stereocenters. The Balaban J connectivity index is 1.93. The van der Waals surface area contributed by atoms with Gasteiger partial charge >= 0.3 is 0 Å². The SMILES string of the molecule is CN(C)C(=O)C[C@@H]1CC[C@H](NC(=O)c2ccc(F)cc2)[C@@H](CO)O1. The molecule has 0 bridgehead atoms. The van der Waals surface area contributed by atoms with E-state index in [-0.39, 0.29) is 37.0 Å². The largest absolute Gasteiger partial charge is 0.394 e. The summed E-state index contributed by atoms with van der Waals surface area (Å²) < 4.78 is 18.7. The first-order chi connectivity index (χ1) is 11.4. The van der Waals surface area contributed by atoms with E-state index in [0.29, 0.717) is 18.4 Å². The zero-order valence-corrected chi connectivity index (χ0v) is 13.9. The van der Waals surface area contributed by atoms with Crippen LogP contribution in [0, 0.1) is 5.82 Å². The van der Waals surface area contributed by atoms with Gasteiger partial charge in [-0.05, 0) is 37.1 Å². The van der Waals surface area contributed by atoms with Gasteiger partial charge in [0.2, 0.25) is 5.91 Å². The Morgan fingerprint density at radius 3 is 2.54 bits per heavy atom. The number of aliphatic hydroxyl groups is 1. The van der Waals surface area contributed by atoms with Gasteiger partial charge in [0.25, 0.3) is 5.91 Å². The molecule has 2 rings (SSSR count). The number of carbonyl (C=O) groups is 2. The van der Waals surface area contributed by atoms with Crippen molar-refractivity contribution in [2.24, 2.45) is 0 Å². The third-order valence-electron chi connectivity index (χ3n) is 4.12. The highest BCUT2D eigenvalue weighted by Gasteiger charge is 2.33. The van der Waals surface area contributed by atoms with Gasteiger partial charge in [-0.1, -0.05) is 0 Å². The van der Waals surface area contributed by atoms with Gasteiger partial charge in [-0.3, -0.25) is 9.59 Å². The second-order valence-electron chi connectivity index (χ2n) is 6.14. The van der Waals surface area contributed by atoms with E-state index in [2.05, 4.69) is 5.32 Å². The van der Waals surface area contributed by atoms with Crippen LogP contribution in [-0.4, -0.2) is 60.8 Å². The molecule has 0 radical (unpaired) electrons. The summed E-state index contributed by atoms with van der Waals surface area (Å²) in [6, 6.07) is 4.90. The van der Waals surface area contributed by atoms with Crippen LogP contribution in [0.4, 0.5) is 4.39 Å². The third-order valence-corrected chi connectivity index (χ3v) is 4.12. The van der Waals surface area contributed by atoms with Crippen molar-refractivity contribution in [1.29, 1.82) is 0 Å². The van der Waals surface area contributed by atoms with Gasteiger partial charge in [0.1, 0.15) is 11.9 Å². The molecule has 1 saturated heterocycles. The highest BCUT2D eigenvalue weighted by Crippen LogP contribution is 2.22. The summed E-state index contributed by atoms with van der Waals surface area (Å²) in [6.45, 7) is -0.249. The molecule has 1 heterocycles. The first-order valence-corrected chi connectivity index (χ1v) is 7.93. The monoisotopic (exact) mass is 338 g/mol. The molecule has 1 fully saturated rings. The van der Waals surface area contributed by atoms with E-state index in [4.69, 9.17) is 4.74 Å². The van der Waals surface area contributed by atoms with Gasteiger partial charge in [-0.15, -0.1) is 0 Å². The Kier molecular flexibility index (Phi) is 6.28. The van der Waals surface area contributed by atoms with Crippen molar-refractivity contribution in [3.8, 4) is 0 Å². The van der Waals surface area contributed by atoms with Gasteiger partial charge < -0.3 is 20.1 Å². The lowest BCUT2D eigenvalue weighted by Gasteiger charge is -2.36. The molecule has 0 aromatic heterocycles. The highest BCUT2D eigenvalue weighted by atomic mass is 19.1. The second-order valence-corrected chi connectivity index (χ2v) is 6.14. The lowest BCUT2D eigenvalue weighted by atomic mass is 9.96. The van der Waals surface area contributed by atoms with Crippen LogP contribution in [-0.2, 0) is 9.53 Å². The Morgan fingerprint density at radius 1 is 1.29 bits per heavy atom. The summed E-state index contributed by atoms with van der Waals surface area (Å²) in [5.74, 6) is -0.787. The predicted octanol–water partition coefficient (Wildman–Crippen LogP) is 0.942. The van der Waals surface area contributed by atoms with Gasteiger partial charge in [0.15, 0.2) is 0 Å². The molecule has 1 aliphatic rings. The normalized spacial score (nSPS) is 23.6. The molecule has 1 aliphatic heterocycles. The molecule has 0 spiro atoms. The summed E-state index contributed by atoms with van der Waals surface area (Å²) in [6.07, 6.45) is 0.634. The molecular weight excluding hydrogens is 315 g/mol. The number of rotatable bonds is 5. The summed E-state index contributed by atoms with van der Waals surface area (Å²) in [5.41, 5.74) is 0.345. The molecule has 24 heavy (non-hydrogen) atoms. The van der Waals surface area contributed by atoms with Crippen molar-refractivity contribution in [1.82, 2.24) is 10.2 Å².